The van der Waals surface area contributed by atoms with Crippen LogP contribution in [0.2, 0.25) is 0 Å². The van der Waals surface area contributed by atoms with Crippen molar-refractivity contribution < 1.29 is 42.1 Å². The van der Waals surface area contributed by atoms with Crippen molar-refractivity contribution in [2.45, 2.75) is 134 Å². The molecule has 1 N–H and O–H groups in total. The molecule has 0 saturated carbocycles. The van der Waals surface area contributed by atoms with Gasteiger partial charge in [0.1, 0.15) is 53.7 Å². The van der Waals surface area contributed by atoms with Gasteiger partial charge in [0.15, 0.2) is 5.82 Å². The first-order valence-corrected chi connectivity index (χ1v) is 24.3. The minimum absolute atomic E-state index is 0.0295. The van der Waals surface area contributed by atoms with Crippen molar-refractivity contribution in [3.63, 3.8) is 0 Å². The van der Waals surface area contributed by atoms with Gasteiger partial charge < -0.3 is 24.2 Å². The van der Waals surface area contributed by atoms with Crippen LogP contribution < -0.4 is 14.4 Å². The Morgan fingerprint density at radius 1 is 0.941 bits per heavy atom. The molecule has 9 rings (SSSR count). The van der Waals surface area contributed by atoms with Crippen LogP contribution in [0.5, 0.6) is 17.5 Å². The molecular weight excluding hydrogens is 874 g/mol. The van der Waals surface area contributed by atoms with Crippen LogP contribution in [-0.4, -0.2) is 98.5 Å². The molecule has 6 heterocycles. The number of amides is 1. The molecule has 4 atom stereocenters. The molecule has 12 nitrogen and oxygen atoms in total. The van der Waals surface area contributed by atoms with Crippen LogP contribution in [0.1, 0.15) is 114 Å². The average molecular weight is 933 g/mol. The molecule has 15 heteroatoms. The highest BCUT2D eigenvalue weighted by molar-refractivity contribution is 6.03. The molecule has 4 fully saturated rings. The van der Waals surface area contributed by atoms with Gasteiger partial charge in [-0.15, -0.1) is 6.42 Å². The zero-order valence-corrected chi connectivity index (χ0v) is 38.7. The maximum atomic E-state index is 17.2. The number of nitrogens with zero attached hydrogens (tertiary/aromatic N) is 6. The summed E-state index contributed by atoms with van der Waals surface area (Å²) in [6.07, 6.45) is 20.1. The molecule has 0 radical (unpaired) electrons. The lowest BCUT2D eigenvalue weighted by molar-refractivity contribution is -0.134. The van der Waals surface area contributed by atoms with Crippen LogP contribution in [0.3, 0.4) is 0 Å². The normalized spacial score (nSPS) is 21.1. The molecule has 4 saturated heterocycles. The van der Waals surface area contributed by atoms with Crippen molar-refractivity contribution in [3.8, 4) is 41.1 Å². The SMILES string of the molecule is C#Cc1c(F)ccc2cc(O)cc(-c3ncc4c(N5CC6CCC(C5)N6C(=O)OCc5ccc(OC(=O)CCCCCCCCCCC)cc5)nc(OC[C@@]56CCCN5C[C@H](F)C6)nc4c3F)c12. The minimum Gasteiger partial charge on any atom is -0.508 e. The molecule has 5 aromatic rings. The predicted octanol–water partition coefficient (Wildman–Crippen LogP) is 10.6. The number of carbonyl (C=O) groups is 2. The summed E-state index contributed by atoms with van der Waals surface area (Å²) in [4.78, 5) is 46.1. The van der Waals surface area contributed by atoms with Gasteiger partial charge in [0.25, 0.3) is 0 Å². The number of pyridine rings is 1. The number of phenols is 1. The summed E-state index contributed by atoms with van der Waals surface area (Å²) in [5, 5.41) is 11.6. The van der Waals surface area contributed by atoms with Gasteiger partial charge in [-0.2, -0.15) is 9.97 Å². The third kappa shape index (κ3) is 9.88. The van der Waals surface area contributed by atoms with Gasteiger partial charge in [-0.3, -0.25) is 19.6 Å². The Bertz CT molecular complexity index is 2680. The van der Waals surface area contributed by atoms with E-state index in [2.05, 4.69) is 27.7 Å². The zero-order chi connectivity index (χ0) is 47.4. The first-order chi connectivity index (χ1) is 33.0. The van der Waals surface area contributed by atoms with Crippen LogP contribution in [0.4, 0.5) is 23.8 Å². The van der Waals surface area contributed by atoms with Crippen LogP contribution in [0.15, 0.2) is 54.7 Å². The first-order valence-electron chi connectivity index (χ1n) is 24.3. The fourth-order valence-electron chi connectivity index (χ4n) is 10.9. The molecule has 0 spiro atoms. The Morgan fingerprint density at radius 3 is 2.41 bits per heavy atom. The van der Waals surface area contributed by atoms with E-state index in [0.29, 0.717) is 62.3 Å². The van der Waals surface area contributed by atoms with Crippen molar-refractivity contribution in [2.24, 2.45) is 0 Å². The second-order valence-corrected chi connectivity index (χ2v) is 19.0. The number of rotatable bonds is 18. The van der Waals surface area contributed by atoms with Crippen LogP contribution >= 0.6 is 0 Å². The first kappa shape index (κ1) is 46.9. The van der Waals surface area contributed by atoms with Gasteiger partial charge in [0, 0.05) is 49.6 Å². The Balaban J connectivity index is 0.895. The monoisotopic (exact) mass is 932 g/mol. The third-order valence-electron chi connectivity index (χ3n) is 14.3. The third-order valence-corrected chi connectivity index (χ3v) is 14.3. The number of fused-ring (bicyclic) bond motifs is 5. The smallest absolute Gasteiger partial charge is 0.410 e. The number of anilines is 1. The summed E-state index contributed by atoms with van der Waals surface area (Å²) in [5.41, 5.74) is -0.121. The maximum Gasteiger partial charge on any atom is 0.410 e. The van der Waals surface area contributed by atoms with E-state index in [1.54, 1.807) is 29.2 Å². The predicted molar refractivity (Wildman–Crippen MR) is 253 cm³/mol. The Kier molecular flexibility index (Phi) is 14.2. The summed E-state index contributed by atoms with van der Waals surface area (Å²) in [5.74, 6) is 1.18. The molecule has 3 aromatic carbocycles. The van der Waals surface area contributed by atoms with Crippen LogP contribution in [0, 0.1) is 24.0 Å². The van der Waals surface area contributed by atoms with E-state index >= 15 is 8.78 Å². The molecule has 358 valence electrons. The number of alkyl halides is 1. The molecule has 68 heavy (non-hydrogen) atoms. The van der Waals surface area contributed by atoms with E-state index in [9.17, 15) is 19.1 Å². The quantitative estimate of drug-likeness (QED) is 0.0390. The molecule has 1 amide bonds. The number of hydrogen-bond acceptors (Lipinski definition) is 11. The van der Waals surface area contributed by atoms with E-state index < -0.39 is 29.4 Å². The number of aromatic nitrogens is 3. The maximum absolute atomic E-state index is 17.2. The Hall–Kier alpha value is -6.14. The lowest BCUT2D eigenvalue weighted by Gasteiger charge is -2.41. The second-order valence-electron chi connectivity index (χ2n) is 19.0. The summed E-state index contributed by atoms with van der Waals surface area (Å²) < 4.78 is 64.8. The number of benzene rings is 3. The van der Waals surface area contributed by atoms with Crippen molar-refractivity contribution in [1.29, 1.82) is 0 Å². The summed E-state index contributed by atoms with van der Waals surface area (Å²) in [6, 6.07) is 11.7. The summed E-state index contributed by atoms with van der Waals surface area (Å²) in [6.45, 7) is 4.14. The van der Waals surface area contributed by atoms with Crippen LogP contribution in [0.25, 0.3) is 32.9 Å². The molecule has 4 aliphatic rings. The molecular formula is C53H59F3N6O6. The standard InChI is InChI=1S/C53H59F3N6O6/c1-3-5-6-7-8-9-10-11-12-14-45(64)68-40-20-15-34(16-21-40)32-66-52(65)62-37-18-19-38(62)31-60(30-37)50-43-28-57-48(42-26-39(63)25-35-17-22-44(55)41(4-2)46(35)42)47(56)49(43)58-51(59-50)67-33-53-23-13-24-61(53)29-36(54)27-53/h2,15-17,20-22,25-26,28,36-38,63H,3,5-14,18-19,23-24,27,29-33H2,1H3/t36-,37?,38?,53+/m1/s1. The molecule has 4 aliphatic heterocycles. The number of unbranched alkanes of at least 4 members (excludes halogenated alkanes) is 8. The zero-order valence-electron chi connectivity index (χ0n) is 38.7. The van der Waals surface area contributed by atoms with E-state index in [1.165, 1.54) is 69.0 Å². The molecule has 2 bridgehead atoms. The highest BCUT2D eigenvalue weighted by atomic mass is 19.1. The largest absolute Gasteiger partial charge is 0.508 e. The van der Waals surface area contributed by atoms with Crippen LogP contribution in [-0.2, 0) is 16.1 Å². The topological polar surface area (TPSA) is 130 Å². The van der Waals surface area contributed by atoms with Gasteiger partial charge in [-0.25, -0.2) is 18.0 Å². The Labute approximate surface area is 395 Å². The van der Waals surface area contributed by atoms with Crippen molar-refractivity contribution in [2.75, 3.05) is 37.7 Å². The van der Waals surface area contributed by atoms with Gasteiger partial charge in [0.05, 0.1) is 28.6 Å². The fraction of sp³-hybridized carbons (Fsp3) is 0.491. The van der Waals surface area contributed by atoms with E-state index in [4.69, 9.17) is 25.6 Å². The highest BCUT2D eigenvalue weighted by Gasteiger charge is 2.50. The van der Waals surface area contributed by atoms with Gasteiger partial charge >= 0.3 is 18.1 Å². The number of phenolic OH excluding ortho intramolecular Hbond substituents is 1. The van der Waals surface area contributed by atoms with Gasteiger partial charge in [-0.05, 0) is 79.9 Å². The number of aromatic hydroxyl groups is 1. The number of piperazine rings is 1. The number of terminal acetylenes is 1. The lowest BCUT2D eigenvalue weighted by Crippen LogP contribution is -2.56. The number of hydrogen-bond donors (Lipinski definition) is 1. The molecule has 2 unspecified atom stereocenters. The van der Waals surface area contributed by atoms with E-state index in [1.807, 2.05) is 4.90 Å². The summed E-state index contributed by atoms with van der Waals surface area (Å²) >= 11 is 0. The lowest BCUT2D eigenvalue weighted by atomic mass is 9.95. The number of halogens is 3. The average Bonchev–Trinajstić information content (AvgIpc) is 3.96. The number of ether oxygens (including phenoxy) is 3. The number of esters is 1. The van der Waals surface area contributed by atoms with E-state index in [-0.39, 0.29) is 76.1 Å². The summed E-state index contributed by atoms with van der Waals surface area (Å²) in [7, 11) is 0. The van der Waals surface area contributed by atoms with E-state index in [0.717, 1.165) is 44.2 Å². The van der Waals surface area contributed by atoms with Crippen molar-refractivity contribution >= 4 is 39.6 Å². The van der Waals surface area contributed by atoms with Crippen molar-refractivity contribution in [3.05, 3.63) is 77.5 Å². The second kappa shape index (κ2) is 20.6. The van der Waals surface area contributed by atoms with Gasteiger partial charge in [-0.1, -0.05) is 82.4 Å². The highest BCUT2D eigenvalue weighted by Crippen LogP contribution is 2.43. The molecule has 2 aromatic heterocycles. The minimum atomic E-state index is -0.984. The van der Waals surface area contributed by atoms with Gasteiger partial charge in [0.2, 0.25) is 0 Å². The van der Waals surface area contributed by atoms with Crippen molar-refractivity contribution in [1.82, 2.24) is 24.8 Å². The fourth-order valence-corrected chi connectivity index (χ4v) is 10.9. The number of carbonyl (C=O) groups excluding carboxylic acids is 2. The molecule has 0 aliphatic carbocycles. The Morgan fingerprint density at radius 2 is 1.68 bits per heavy atom.